The number of amides is 1. The van der Waals surface area contributed by atoms with E-state index in [9.17, 15) is 17.6 Å². The maximum absolute atomic E-state index is 13.5. The minimum Gasteiger partial charge on any atom is -0.468 e. The highest BCUT2D eigenvalue weighted by Gasteiger charge is 2.19. The SMILES string of the molecule is CS(=O)(=O)N(CCC(=O)NCc1ccccc1F)Cc1ccco1. The van der Waals surface area contributed by atoms with E-state index in [0.29, 0.717) is 11.3 Å². The third-order valence-electron chi connectivity index (χ3n) is 3.40. The fourth-order valence-electron chi connectivity index (χ4n) is 2.09. The molecule has 0 spiro atoms. The summed E-state index contributed by atoms with van der Waals surface area (Å²) in [6.45, 7) is 0.137. The highest BCUT2D eigenvalue weighted by Crippen LogP contribution is 2.10. The summed E-state index contributed by atoms with van der Waals surface area (Å²) in [4.78, 5) is 11.9. The second kappa shape index (κ2) is 8.07. The number of furan rings is 1. The molecule has 6 nitrogen and oxygen atoms in total. The van der Waals surface area contributed by atoms with Gasteiger partial charge in [-0.2, -0.15) is 4.31 Å². The van der Waals surface area contributed by atoms with Crippen LogP contribution in [0.15, 0.2) is 47.1 Å². The Labute approximate surface area is 140 Å². The minimum atomic E-state index is -3.48. The van der Waals surface area contributed by atoms with Gasteiger partial charge in [-0.25, -0.2) is 12.8 Å². The van der Waals surface area contributed by atoms with Gasteiger partial charge in [0.2, 0.25) is 15.9 Å². The lowest BCUT2D eigenvalue weighted by Gasteiger charge is -2.18. The quantitative estimate of drug-likeness (QED) is 0.785. The highest BCUT2D eigenvalue weighted by molar-refractivity contribution is 7.88. The smallest absolute Gasteiger partial charge is 0.221 e. The van der Waals surface area contributed by atoms with E-state index in [1.165, 1.54) is 12.3 Å². The molecule has 0 saturated heterocycles. The van der Waals surface area contributed by atoms with Crippen molar-refractivity contribution in [2.45, 2.75) is 19.5 Å². The van der Waals surface area contributed by atoms with Crippen molar-refractivity contribution < 1.29 is 22.0 Å². The summed E-state index contributed by atoms with van der Waals surface area (Å²) in [5.41, 5.74) is 0.376. The predicted molar refractivity (Wildman–Crippen MR) is 86.8 cm³/mol. The van der Waals surface area contributed by atoms with Gasteiger partial charge in [0.1, 0.15) is 11.6 Å². The first-order valence-electron chi connectivity index (χ1n) is 7.34. The van der Waals surface area contributed by atoms with Crippen LogP contribution in [0.25, 0.3) is 0 Å². The predicted octanol–water partition coefficient (Wildman–Crippen LogP) is 1.89. The Bertz CT molecular complexity index is 775. The lowest BCUT2D eigenvalue weighted by molar-refractivity contribution is -0.121. The van der Waals surface area contributed by atoms with Crippen LogP contribution in [0.1, 0.15) is 17.7 Å². The molecule has 1 aromatic carbocycles. The first kappa shape index (κ1) is 18.2. The minimum absolute atomic E-state index is 0.0165. The van der Waals surface area contributed by atoms with Crippen molar-refractivity contribution in [1.82, 2.24) is 9.62 Å². The van der Waals surface area contributed by atoms with Gasteiger partial charge < -0.3 is 9.73 Å². The average molecular weight is 354 g/mol. The highest BCUT2D eigenvalue weighted by atomic mass is 32.2. The fraction of sp³-hybridized carbons (Fsp3) is 0.312. The summed E-state index contributed by atoms with van der Waals surface area (Å²) < 4.78 is 43.4. The van der Waals surface area contributed by atoms with E-state index < -0.39 is 15.8 Å². The monoisotopic (exact) mass is 354 g/mol. The molecule has 0 aliphatic carbocycles. The van der Waals surface area contributed by atoms with E-state index in [2.05, 4.69) is 5.32 Å². The topological polar surface area (TPSA) is 79.6 Å². The Hall–Kier alpha value is -2.19. The fourth-order valence-corrected chi connectivity index (χ4v) is 2.87. The van der Waals surface area contributed by atoms with Crippen LogP contribution in [0.3, 0.4) is 0 Å². The summed E-state index contributed by atoms with van der Waals surface area (Å²) in [5, 5.41) is 2.58. The molecule has 24 heavy (non-hydrogen) atoms. The molecule has 2 rings (SSSR count). The number of halogens is 1. The normalized spacial score (nSPS) is 11.6. The molecule has 1 heterocycles. The van der Waals surface area contributed by atoms with Gasteiger partial charge in [0.25, 0.3) is 0 Å². The maximum Gasteiger partial charge on any atom is 0.221 e. The number of hydrogen-bond acceptors (Lipinski definition) is 4. The molecule has 2 aromatic rings. The molecule has 0 radical (unpaired) electrons. The lowest BCUT2D eigenvalue weighted by atomic mass is 10.2. The largest absolute Gasteiger partial charge is 0.468 e. The molecule has 0 bridgehead atoms. The molecule has 130 valence electrons. The van der Waals surface area contributed by atoms with Crippen LogP contribution in [-0.4, -0.2) is 31.4 Å². The average Bonchev–Trinajstić information content (AvgIpc) is 3.02. The Balaban J connectivity index is 1.87. The number of nitrogens with zero attached hydrogens (tertiary/aromatic N) is 1. The maximum atomic E-state index is 13.5. The zero-order valence-electron chi connectivity index (χ0n) is 13.2. The Morgan fingerprint density at radius 1 is 1.25 bits per heavy atom. The van der Waals surface area contributed by atoms with Crippen LogP contribution in [-0.2, 0) is 27.9 Å². The number of carbonyl (C=O) groups is 1. The Morgan fingerprint density at radius 2 is 2.00 bits per heavy atom. The molecule has 1 aromatic heterocycles. The molecular weight excluding hydrogens is 335 g/mol. The van der Waals surface area contributed by atoms with Gasteiger partial charge in [-0.05, 0) is 18.2 Å². The second-order valence-electron chi connectivity index (χ2n) is 5.29. The lowest BCUT2D eigenvalue weighted by Crippen LogP contribution is -2.34. The molecule has 0 aliphatic heterocycles. The van der Waals surface area contributed by atoms with E-state index in [-0.39, 0.29) is 32.0 Å². The third-order valence-corrected chi connectivity index (χ3v) is 4.65. The van der Waals surface area contributed by atoms with Crippen LogP contribution in [0, 0.1) is 5.82 Å². The summed E-state index contributed by atoms with van der Waals surface area (Å²) in [6.07, 6.45) is 2.51. The Morgan fingerprint density at radius 3 is 2.62 bits per heavy atom. The number of carbonyl (C=O) groups excluding carboxylic acids is 1. The zero-order valence-corrected chi connectivity index (χ0v) is 14.1. The standard InChI is InChI=1S/C16H19FN2O4S/c1-24(21,22)19(12-14-6-4-10-23-14)9-8-16(20)18-11-13-5-2-3-7-15(13)17/h2-7,10H,8-9,11-12H2,1H3,(H,18,20). The van der Waals surface area contributed by atoms with Gasteiger partial charge in [0.05, 0.1) is 19.1 Å². The Kier molecular flexibility index (Phi) is 6.10. The van der Waals surface area contributed by atoms with Crippen molar-refractivity contribution >= 4 is 15.9 Å². The number of rotatable bonds is 8. The molecule has 0 fully saturated rings. The second-order valence-corrected chi connectivity index (χ2v) is 7.28. The van der Waals surface area contributed by atoms with Gasteiger partial charge >= 0.3 is 0 Å². The number of nitrogens with one attached hydrogen (secondary N) is 1. The third kappa shape index (κ3) is 5.47. The first-order chi connectivity index (χ1) is 11.4. The first-order valence-corrected chi connectivity index (χ1v) is 9.18. The summed E-state index contributed by atoms with van der Waals surface area (Å²) in [5.74, 6) is -0.257. The number of benzene rings is 1. The summed E-state index contributed by atoms with van der Waals surface area (Å²) >= 11 is 0. The molecule has 0 saturated carbocycles. The summed E-state index contributed by atoms with van der Waals surface area (Å²) in [6, 6.07) is 9.47. The molecule has 1 amide bonds. The summed E-state index contributed by atoms with van der Waals surface area (Å²) in [7, 11) is -3.48. The van der Waals surface area contributed by atoms with Gasteiger partial charge in [-0.15, -0.1) is 0 Å². The number of sulfonamides is 1. The van der Waals surface area contributed by atoms with E-state index in [4.69, 9.17) is 4.42 Å². The van der Waals surface area contributed by atoms with Crippen molar-refractivity contribution in [1.29, 1.82) is 0 Å². The van der Waals surface area contributed by atoms with E-state index in [1.54, 1.807) is 30.3 Å². The molecule has 0 aliphatic rings. The van der Waals surface area contributed by atoms with Crippen LogP contribution in [0.4, 0.5) is 4.39 Å². The van der Waals surface area contributed by atoms with Crippen molar-refractivity contribution in [3.63, 3.8) is 0 Å². The van der Waals surface area contributed by atoms with Crippen molar-refractivity contribution in [2.75, 3.05) is 12.8 Å². The molecule has 1 N–H and O–H groups in total. The molecule has 0 unspecified atom stereocenters. The molecule has 8 heteroatoms. The van der Waals surface area contributed by atoms with Gasteiger partial charge in [0.15, 0.2) is 0 Å². The van der Waals surface area contributed by atoms with Crippen molar-refractivity contribution in [3.8, 4) is 0 Å². The van der Waals surface area contributed by atoms with Crippen molar-refractivity contribution in [2.24, 2.45) is 0 Å². The van der Waals surface area contributed by atoms with Crippen LogP contribution in [0.5, 0.6) is 0 Å². The van der Waals surface area contributed by atoms with Gasteiger partial charge in [-0.3, -0.25) is 4.79 Å². The van der Waals surface area contributed by atoms with Crippen LogP contribution < -0.4 is 5.32 Å². The van der Waals surface area contributed by atoms with Gasteiger partial charge in [0, 0.05) is 25.1 Å². The number of hydrogen-bond donors (Lipinski definition) is 1. The van der Waals surface area contributed by atoms with Crippen LogP contribution >= 0.6 is 0 Å². The molecule has 0 atom stereocenters. The van der Waals surface area contributed by atoms with Crippen molar-refractivity contribution in [3.05, 3.63) is 59.8 Å². The molecular formula is C16H19FN2O4S. The van der Waals surface area contributed by atoms with E-state index in [1.807, 2.05) is 0 Å². The van der Waals surface area contributed by atoms with E-state index >= 15 is 0 Å². The van der Waals surface area contributed by atoms with Crippen LogP contribution in [0.2, 0.25) is 0 Å². The zero-order chi connectivity index (χ0) is 17.6. The van der Waals surface area contributed by atoms with E-state index in [0.717, 1.165) is 10.6 Å². The van der Waals surface area contributed by atoms with Gasteiger partial charge in [-0.1, -0.05) is 18.2 Å².